The van der Waals surface area contributed by atoms with Crippen molar-refractivity contribution in [3.63, 3.8) is 0 Å². The van der Waals surface area contributed by atoms with Gasteiger partial charge in [0.1, 0.15) is 11.3 Å². The molecular formula is C26H32N2O5. The van der Waals surface area contributed by atoms with Crippen LogP contribution in [0.5, 0.6) is 5.75 Å². The predicted octanol–water partition coefficient (Wildman–Crippen LogP) is 3.66. The third-order valence-corrected chi connectivity index (χ3v) is 6.95. The van der Waals surface area contributed by atoms with Crippen LogP contribution in [0.2, 0.25) is 0 Å². The third kappa shape index (κ3) is 5.13. The number of esters is 1. The molecular weight excluding hydrogens is 420 g/mol. The Bertz CT molecular complexity index is 1070. The molecule has 1 saturated carbocycles. The Morgan fingerprint density at radius 3 is 2.48 bits per heavy atom. The molecule has 0 aliphatic heterocycles. The summed E-state index contributed by atoms with van der Waals surface area (Å²) in [5.41, 5.74) is 2.37. The molecule has 0 unspecified atom stereocenters. The number of aryl methyl sites for hydroxylation is 1. The highest BCUT2D eigenvalue weighted by Crippen LogP contribution is 2.27. The van der Waals surface area contributed by atoms with Gasteiger partial charge in [-0.3, -0.25) is 9.59 Å². The SMILES string of the molecule is COC(=O)[C@H](NC(=O)c1cc2c(n(CC3CCCCC3)c1=O)CCCC2)c1ccc(O)cc1. The van der Waals surface area contributed by atoms with Crippen LogP contribution < -0.4 is 10.9 Å². The van der Waals surface area contributed by atoms with Crippen LogP contribution in [0, 0.1) is 5.92 Å². The molecule has 7 heteroatoms. The molecule has 0 spiro atoms. The summed E-state index contributed by atoms with van der Waals surface area (Å²) in [4.78, 5) is 39.2. The maximum atomic E-state index is 13.5. The summed E-state index contributed by atoms with van der Waals surface area (Å²) in [6.07, 6.45) is 9.65. The summed E-state index contributed by atoms with van der Waals surface area (Å²) < 4.78 is 6.72. The van der Waals surface area contributed by atoms with Crippen LogP contribution in [0.25, 0.3) is 0 Å². The Morgan fingerprint density at radius 2 is 1.79 bits per heavy atom. The van der Waals surface area contributed by atoms with Gasteiger partial charge in [0.25, 0.3) is 11.5 Å². The molecule has 4 rings (SSSR count). The van der Waals surface area contributed by atoms with Crippen molar-refractivity contribution in [1.29, 1.82) is 0 Å². The van der Waals surface area contributed by atoms with E-state index >= 15 is 0 Å². The van der Waals surface area contributed by atoms with Crippen molar-refractivity contribution in [1.82, 2.24) is 9.88 Å². The molecule has 1 fully saturated rings. The Labute approximate surface area is 193 Å². The first-order chi connectivity index (χ1) is 16.0. The number of rotatable bonds is 6. The normalized spacial score (nSPS) is 17.1. The summed E-state index contributed by atoms with van der Waals surface area (Å²) in [7, 11) is 1.25. The molecule has 1 atom stereocenters. The minimum atomic E-state index is -1.08. The Kier molecular flexibility index (Phi) is 7.16. The van der Waals surface area contributed by atoms with E-state index in [4.69, 9.17) is 4.74 Å². The number of methoxy groups -OCH3 is 1. The lowest BCUT2D eigenvalue weighted by molar-refractivity contribution is -0.143. The van der Waals surface area contributed by atoms with E-state index in [1.807, 2.05) is 4.57 Å². The number of carbonyl (C=O) groups excluding carboxylic acids is 2. The zero-order chi connectivity index (χ0) is 23.4. The first-order valence-corrected chi connectivity index (χ1v) is 11.9. The van der Waals surface area contributed by atoms with Gasteiger partial charge in [-0.05, 0) is 73.8 Å². The summed E-state index contributed by atoms with van der Waals surface area (Å²) in [5, 5.41) is 12.3. The predicted molar refractivity (Wildman–Crippen MR) is 124 cm³/mol. The lowest BCUT2D eigenvalue weighted by Gasteiger charge is -2.27. The number of ether oxygens (including phenoxy) is 1. The van der Waals surface area contributed by atoms with E-state index < -0.39 is 17.9 Å². The smallest absolute Gasteiger partial charge is 0.333 e. The van der Waals surface area contributed by atoms with Crippen LogP contribution >= 0.6 is 0 Å². The van der Waals surface area contributed by atoms with Gasteiger partial charge < -0.3 is 19.7 Å². The maximum absolute atomic E-state index is 13.5. The average molecular weight is 453 g/mol. The monoisotopic (exact) mass is 452 g/mol. The topological polar surface area (TPSA) is 97.6 Å². The molecule has 2 aromatic rings. The number of hydrogen-bond donors (Lipinski definition) is 2. The van der Waals surface area contributed by atoms with Crippen LogP contribution in [0.4, 0.5) is 0 Å². The van der Waals surface area contributed by atoms with Crippen LogP contribution in [0.1, 0.15) is 78.2 Å². The average Bonchev–Trinajstić information content (AvgIpc) is 2.84. The number of carbonyl (C=O) groups is 2. The quantitative estimate of drug-likeness (QED) is 0.652. The zero-order valence-electron chi connectivity index (χ0n) is 19.1. The van der Waals surface area contributed by atoms with Crippen LogP contribution in [0.3, 0.4) is 0 Å². The summed E-state index contributed by atoms with van der Waals surface area (Å²) >= 11 is 0. The van der Waals surface area contributed by atoms with Crippen LogP contribution in [-0.4, -0.2) is 28.7 Å². The van der Waals surface area contributed by atoms with E-state index in [2.05, 4.69) is 5.32 Å². The minimum Gasteiger partial charge on any atom is -0.508 e. The van der Waals surface area contributed by atoms with Gasteiger partial charge in [-0.15, -0.1) is 0 Å². The molecule has 2 aliphatic carbocycles. The highest BCUT2D eigenvalue weighted by molar-refractivity contribution is 5.97. The molecule has 0 bridgehead atoms. The number of benzene rings is 1. The number of phenols is 1. The van der Waals surface area contributed by atoms with Crippen LogP contribution in [-0.2, 0) is 28.9 Å². The number of aromatic nitrogens is 1. The van der Waals surface area contributed by atoms with Crippen LogP contribution in [0.15, 0.2) is 35.1 Å². The Balaban J connectivity index is 1.67. The number of phenolic OH excluding ortho intramolecular Hbond substituents is 1. The molecule has 33 heavy (non-hydrogen) atoms. The molecule has 1 heterocycles. The maximum Gasteiger partial charge on any atom is 0.333 e. The number of nitrogens with one attached hydrogen (secondary N) is 1. The summed E-state index contributed by atoms with van der Waals surface area (Å²) in [6.45, 7) is 0.653. The van der Waals surface area contributed by atoms with Crippen molar-refractivity contribution < 1.29 is 19.4 Å². The van der Waals surface area contributed by atoms with Crippen molar-refractivity contribution in [3.8, 4) is 5.75 Å². The van der Waals surface area contributed by atoms with Gasteiger partial charge in [0.15, 0.2) is 6.04 Å². The van der Waals surface area contributed by atoms with E-state index in [9.17, 15) is 19.5 Å². The van der Waals surface area contributed by atoms with Gasteiger partial charge in [0.2, 0.25) is 0 Å². The first-order valence-electron chi connectivity index (χ1n) is 11.9. The molecule has 0 saturated heterocycles. The molecule has 0 radical (unpaired) electrons. The highest BCUT2D eigenvalue weighted by Gasteiger charge is 2.28. The van der Waals surface area contributed by atoms with E-state index in [1.165, 1.54) is 38.5 Å². The second-order valence-electron chi connectivity index (χ2n) is 9.18. The summed E-state index contributed by atoms with van der Waals surface area (Å²) in [6, 6.07) is 6.61. The van der Waals surface area contributed by atoms with Gasteiger partial charge in [-0.1, -0.05) is 31.4 Å². The number of aromatic hydroxyl groups is 1. The second-order valence-corrected chi connectivity index (χ2v) is 9.18. The molecule has 2 aliphatic rings. The first kappa shape index (κ1) is 23.1. The lowest BCUT2D eigenvalue weighted by atomic mass is 9.88. The number of amides is 1. The fraction of sp³-hybridized carbons (Fsp3) is 0.500. The zero-order valence-corrected chi connectivity index (χ0v) is 19.1. The molecule has 1 amide bonds. The van der Waals surface area contributed by atoms with Gasteiger partial charge in [-0.25, -0.2) is 4.79 Å². The lowest BCUT2D eigenvalue weighted by Crippen LogP contribution is -2.40. The molecule has 1 aromatic carbocycles. The van der Waals surface area contributed by atoms with Crippen molar-refractivity contribution in [2.24, 2.45) is 5.92 Å². The summed E-state index contributed by atoms with van der Waals surface area (Å²) in [5.74, 6) is -0.724. The number of hydrogen-bond acceptors (Lipinski definition) is 5. The Morgan fingerprint density at radius 1 is 1.09 bits per heavy atom. The van der Waals surface area contributed by atoms with Crippen molar-refractivity contribution in [2.45, 2.75) is 70.4 Å². The minimum absolute atomic E-state index is 0.0500. The van der Waals surface area contributed by atoms with E-state index in [1.54, 1.807) is 18.2 Å². The van der Waals surface area contributed by atoms with Gasteiger partial charge >= 0.3 is 5.97 Å². The number of pyridine rings is 1. The van der Waals surface area contributed by atoms with E-state index in [0.717, 1.165) is 49.8 Å². The van der Waals surface area contributed by atoms with E-state index in [0.29, 0.717) is 18.0 Å². The van der Waals surface area contributed by atoms with Gasteiger partial charge in [0.05, 0.1) is 7.11 Å². The van der Waals surface area contributed by atoms with Crippen molar-refractivity contribution in [3.05, 3.63) is 63.1 Å². The fourth-order valence-corrected chi connectivity index (χ4v) is 5.14. The largest absolute Gasteiger partial charge is 0.508 e. The van der Waals surface area contributed by atoms with Gasteiger partial charge in [-0.2, -0.15) is 0 Å². The molecule has 7 nitrogen and oxygen atoms in total. The second kappa shape index (κ2) is 10.2. The molecule has 176 valence electrons. The number of fused-ring (bicyclic) bond motifs is 1. The van der Waals surface area contributed by atoms with Gasteiger partial charge in [0, 0.05) is 12.2 Å². The standard InChI is InChI=1S/C26H32N2O5/c1-33-26(32)23(18-11-13-20(29)14-12-18)27-24(30)21-15-19-9-5-6-10-22(19)28(25(21)31)16-17-7-3-2-4-8-17/h11-15,17,23,29H,2-10,16H2,1H3,(H,27,30)/t23-/m1/s1. The molecule has 2 N–H and O–H groups in total. The highest BCUT2D eigenvalue weighted by atomic mass is 16.5. The number of nitrogens with zero attached hydrogens (tertiary/aromatic N) is 1. The fourth-order valence-electron chi connectivity index (χ4n) is 5.14. The van der Waals surface area contributed by atoms with Crippen molar-refractivity contribution in [2.75, 3.05) is 7.11 Å². The van der Waals surface area contributed by atoms with E-state index in [-0.39, 0.29) is 16.9 Å². The molecule has 1 aromatic heterocycles. The Hall–Kier alpha value is -3.09. The third-order valence-electron chi connectivity index (χ3n) is 6.95. The van der Waals surface area contributed by atoms with Crippen molar-refractivity contribution >= 4 is 11.9 Å².